The first-order valence-corrected chi connectivity index (χ1v) is 5.56. The lowest BCUT2D eigenvalue weighted by Gasteiger charge is -2.14. The summed E-state index contributed by atoms with van der Waals surface area (Å²) in [7, 11) is 1.20. The van der Waals surface area contributed by atoms with Gasteiger partial charge in [-0.25, -0.2) is 4.79 Å². The number of amides is 1. The van der Waals surface area contributed by atoms with Crippen LogP contribution in [0.25, 0.3) is 0 Å². The van der Waals surface area contributed by atoms with Gasteiger partial charge >= 0.3 is 5.97 Å². The van der Waals surface area contributed by atoms with Gasteiger partial charge in [-0.05, 0) is 37.1 Å². The third-order valence-corrected chi connectivity index (χ3v) is 2.74. The van der Waals surface area contributed by atoms with Gasteiger partial charge in [0.25, 0.3) is 5.91 Å². The maximum atomic E-state index is 11.9. The van der Waals surface area contributed by atoms with Crippen LogP contribution in [-0.4, -0.2) is 36.7 Å². The number of ether oxygens (including phenoxy) is 1. The van der Waals surface area contributed by atoms with Crippen LogP contribution in [0.3, 0.4) is 0 Å². The Balaban J connectivity index is 2.81. The number of aliphatic hydroxyl groups excluding tert-OH is 1. The van der Waals surface area contributed by atoms with E-state index in [-0.39, 0.29) is 0 Å². The fourth-order valence-corrected chi connectivity index (χ4v) is 1.45. The van der Waals surface area contributed by atoms with Crippen molar-refractivity contribution in [2.45, 2.75) is 19.9 Å². The number of hydrogen-bond acceptors (Lipinski definition) is 4. The van der Waals surface area contributed by atoms with Crippen molar-refractivity contribution < 1.29 is 19.4 Å². The molecule has 0 saturated carbocycles. The van der Waals surface area contributed by atoms with Crippen molar-refractivity contribution >= 4 is 11.9 Å². The second-order valence-corrected chi connectivity index (χ2v) is 4.03. The number of aliphatic hydroxyl groups is 1. The molecule has 1 amide bonds. The van der Waals surface area contributed by atoms with Crippen LogP contribution in [0.2, 0.25) is 0 Å². The molecular formula is C13H17NO4. The minimum Gasteiger partial charge on any atom is -0.467 e. The molecule has 0 radical (unpaired) electrons. The van der Waals surface area contributed by atoms with Gasteiger partial charge in [0, 0.05) is 5.56 Å². The molecular weight excluding hydrogens is 234 g/mol. The number of rotatable bonds is 4. The normalized spacial score (nSPS) is 11.8. The number of carbonyl (C=O) groups is 2. The summed E-state index contributed by atoms with van der Waals surface area (Å²) in [5.74, 6) is -1.09. The first-order valence-electron chi connectivity index (χ1n) is 5.56. The number of carbonyl (C=O) groups excluding carboxylic acids is 2. The van der Waals surface area contributed by atoms with Gasteiger partial charge in [0.15, 0.2) is 6.04 Å². The van der Waals surface area contributed by atoms with E-state index in [4.69, 9.17) is 5.11 Å². The molecule has 0 bridgehead atoms. The molecule has 1 aromatic rings. The van der Waals surface area contributed by atoms with Crippen molar-refractivity contribution in [3.63, 3.8) is 0 Å². The topological polar surface area (TPSA) is 75.6 Å². The summed E-state index contributed by atoms with van der Waals surface area (Å²) in [4.78, 5) is 23.1. The lowest BCUT2D eigenvalue weighted by molar-refractivity contribution is -0.143. The first-order chi connectivity index (χ1) is 8.49. The SMILES string of the molecule is COC(=O)C(CO)NC(=O)c1ccc(C)c(C)c1. The molecule has 1 aromatic carbocycles. The highest BCUT2D eigenvalue weighted by Gasteiger charge is 2.21. The van der Waals surface area contributed by atoms with Gasteiger partial charge in [-0.3, -0.25) is 4.79 Å². The van der Waals surface area contributed by atoms with Gasteiger partial charge in [-0.1, -0.05) is 6.07 Å². The summed E-state index contributed by atoms with van der Waals surface area (Å²) in [6.07, 6.45) is 0. The molecule has 98 valence electrons. The van der Waals surface area contributed by atoms with Crippen molar-refractivity contribution in [3.05, 3.63) is 34.9 Å². The second kappa shape index (κ2) is 6.16. The number of benzene rings is 1. The maximum absolute atomic E-state index is 11.9. The molecule has 5 nitrogen and oxygen atoms in total. The van der Waals surface area contributed by atoms with Crippen LogP contribution in [-0.2, 0) is 9.53 Å². The Hall–Kier alpha value is -1.88. The molecule has 0 heterocycles. The van der Waals surface area contributed by atoms with E-state index in [0.717, 1.165) is 11.1 Å². The minimum atomic E-state index is -1.04. The van der Waals surface area contributed by atoms with E-state index in [2.05, 4.69) is 10.1 Å². The standard InChI is InChI=1S/C13H17NO4/c1-8-4-5-10(6-9(8)2)12(16)14-11(7-15)13(17)18-3/h4-6,11,15H,7H2,1-3H3,(H,14,16). The van der Waals surface area contributed by atoms with Crippen molar-refractivity contribution in [3.8, 4) is 0 Å². The van der Waals surface area contributed by atoms with Crippen LogP contribution >= 0.6 is 0 Å². The van der Waals surface area contributed by atoms with Crippen LogP contribution in [0.1, 0.15) is 21.5 Å². The van der Waals surface area contributed by atoms with E-state index in [1.54, 1.807) is 12.1 Å². The fourth-order valence-electron chi connectivity index (χ4n) is 1.45. The zero-order chi connectivity index (χ0) is 13.7. The lowest BCUT2D eigenvalue weighted by Crippen LogP contribution is -2.44. The predicted molar refractivity (Wildman–Crippen MR) is 66.3 cm³/mol. The lowest BCUT2D eigenvalue weighted by atomic mass is 10.1. The Bertz CT molecular complexity index is 456. The summed E-state index contributed by atoms with van der Waals surface area (Å²) in [6, 6.07) is 4.19. The van der Waals surface area contributed by atoms with Crippen molar-refractivity contribution in [2.24, 2.45) is 0 Å². The highest BCUT2D eigenvalue weighted by molar-refractivity contribution is 5.97. The van der Waals surface area contributed by atoms with E-state index in [1.807, 2.05) is 19.9 Å². The molecule has 5 heteroatoms. The molecule has 0 fully saturated rings. The summed E-state index contributed by atoms with van der Waals surface area (Å²) < 4.78 is 4.47. The largest absolute Gasteiger partial charge is 0.467 e. The summed E-state index contributed by atoms with van der Waals surface area (Å²) in [5.41, 5.74) is 2.51. The van der Waals surface area contributed by atoms with E-state index in [9.17, 15) is 9.59 Å². The molecule has 0 aliphatic rings. The zero-order valence-corrected chi connectivity index (χ0v) is 10.7. The first kappa shape index (κ1) is 14.2. The van der Waals surface area contributed by atoms with Crippen molar-refractivity contribution in [2.75, 3.05) is 13.7 Å². The number of methoxy groups -OCH3 is 1. The van der Waals surface area contributed by atoms with Crippen molar-refractivity contribution in [1.82, 2.24) is 5.32 Å². The molecule has 1 atom stereocenters. The Morgan fingerprint density at radius 1 is 1.33 bits per heavy atom. The van der Waals surface area contributed by atoms with E-state index >= 15 is 0 Å². The van der Waals surface area contributed by atoms with Crippen LogP contribution in [0.4, 0.5) is 0 Å². The predicted octanol–water partition coefficient (Wildman–Crippen LogP) is 0.567. The highest BCUT2D eigenvalue weighted by Crippen LogP contribution is 2.09. The average molecular weight is 251 g/mol. The van der Waals surface area contributed by atoms with Gasteiger partial charge in [0.1, 0.15) is 0 Å². The van der Waals surface area contributed by atoms with Crippen LogP contribution in [0.15, 0.2) is 18.2 Å². The van der Waals surface area contributed by atoms with Crippen LogP contribution in [0, 0.1) is 13.8 Å². The zero-order valence-electron chi connectivity index (χ0n) is 10.7. The number of hydrogen-bond donors (Lipinski definition) is 2. The van der Waals surface area contributed by atoms with Gasteiger partial charge < -0.3 is 15.2 Å². The number of esters is 1. The third kappa shape index (κ3) is 3.30. The molecule has 0 aliphatic heterocycles. The molecule has 2 N–H and O–H groups in total. The molecule has 0 aromatic heterocycles. The average Bonchev–Trinajstić information content (AvgIpc) is 2.37. The van der Waals surface area contributed by atoms with Crippen molar-refractivity contribution in [1.29, 1.82) is 0 Å². The van der Waals surface area contributed by atoms with Gasteiger partial charge in [0.05, 0.1) is 13.7 Å². The highest BCUT2D eigenvalue weighted by atomic mass is 16.5. The Morgan fingerprint density at radius 2 is 2.00 bits per heavy atom. The molecule has 1 rings (SSSR count). The fraction of sp³-hybridized carbons (Fsp3) is 0.385. The summed E-state index contributed by atoms with van der Waals surface area (Å²) in [5, 5.41) is 11.4. The molecule has 0 saturated heterocycles. The monoisotopic (exact) mass is 251 g/mol. The van der Waals surface area contributed by atoms with E-state index in [0.29, 0.717) is 5.56 Å². The Labute approximate surface area is 106 Å². The number of nitrogens with one attached hydrogen (secondary N) is 1. The minimum absolute atomic E-state index is 0.414. The molecule has 1 unspecified atom stereocenters. The quantitative estimate of drug-likeness (QED) is 0.767. The third-order valence-electron chi connectivity index (χ3n) is 2.74. The van der Waals surface area contributed by atoms with E-state index in [1.165, 1.54) is 7.11 Å². The smallest absolute Gasteiger partial charge is 0.330 e. The van der Waals surface area contributed by atoms with Gasteiger partial charge in [-0.2, -0.15) is 0 Å². The van der Waals surface area contributed by atoms with Crippen LogP contribution in [0.5, 0.6) is 0 Å². The summed E-state index contributed by atoms with van der Waals surface area (Å²) in [6.45, 7) is 3.35. The Kier molecular flexibility index (Phi) is 4.85. The Morgan fingerprint density at radius 3 is 2.50 bits per heavy atom. The molecule has 18 heavy (non-hydrogen) atoms. The van der Waals surface area contributed by atoms with Crippen LogP contribution < -0.4 is 5.32 Å². The molecule has 0 aliphatic carbocycles. The van der Waals surface area contributed by atoms with Gasteiger partial charge in [-0.15, -0.1) is 0 Å². The summed E-state index contributed by atoms with van der Waals surface area (Å²) >= 11 is 0. The van der Waals surface area contributed by atoms with Gasteiger partial charge in [0.2, 0.25) is 0 Å². The molecule has 0 spiro atoms. The second-order valence-electron chi connectivity index (χ2n) is 4.03. The van der Waals surface area contributed by atoms with E-state index < -0.39 is 24.5 Å². The maximum Gasteiger partial charge on any atom is 0.330 e. The number of aryl methyl sites for hydroxylation is 2.